The van der Waals surface area contributed by atoms with Gasteiger partial charge in [0, 0.05) is 25.7 Å². The molecule has 0 radical (unpaired) electrons. The average Bonchev–Trinajstić information content (AvgIpc) is 2.76. The Balaban J connectivity index is 1.77. The summed E-state index contributed by atoms with van der Waals surface area (Å²) in [6.07, 6.45) is 3.49. The van der Waals surface area contributed by atoms with Gasteiger partial charge in [-0.1, -0.05) is 62.4 Å². The molecule has 0 fully saturated rings. The number of rotatable bonds is 12. The first-order chi connectivity index (χ1) is 14.9. The number of nitrogens with one attached hydrogen (secondary N) is 3. The Labute approximate surface area is 183 Å². The zero-order valence-corrected chi connectivity index (χ0v) is 18.0. The number of hydroxylamine groups is 1. The monoisotopic (exact) mass is 425 g/mol. The first-order valence-electron chi connectivity index (χ1n) is 10.3. The van der Waals surface area contributed by atoms with Crippen LogP contribution in [0.25, 0.3) is 6.08 Å². The van der Waals surface area contributed by atoms with E-state index in [-0.39, 0.29) is 0 Å². The minimum absolute atomic E-state index is 0.322. The maximum Gasteiger partial charge on any atom is 0.320 e. The Kier molecular flexibility index (Phi) is 9.90. The number of amides is 1. The Bertz CT molecular complexity index is 861. The minimum Gasteiger partial charge on any atom is -0.480 e. The minimum atomic E-state index is -0.811. The van der Waals surface area contributed by atoms with Crippen molar-refractivity contribution >= 4 is 18.0 Å². The highest BCUT2D eigenvalue weighted by atomic mass is 16.5. The number of carboxylic acid groups (broad SMARTS) is 1. The molecule has 1 amide bonds. The van der Waals surface area contributed by atoms with Gasteiger partial charge in [0.2, 0.25) is 0 Å². The maximum absolute atomic E-state index is 11.3. The highest BCUT2D eigenvalue weighted by Gasteiger charge is 2.17. The first kappa shape index (κ1) is 24.3. The van der Waals surface area contributed by atoms with E-state index in [1.54, 1.807) is 11.6 Å². The molecule has 0 aliphatic carbocycles. The smallest absolute Gasteiger partial charge is 0.320 e. The van der Waals surface area contributed by atoms with Crippen LogP contribution in [0, 0.1) is 5.92 Å². The van der Waals surface area contributed by atoms with Crippen LogP contribution in [-0.4, -0.2) is 28.2 Å². The lowest BCUT2D eigenvalue weighted by molar-refractivity contribution is -0.140. The molecule has 0 aromatic heterocycles. The van der Waals surface area contributed by atoms with E-state index < -0.39 is 17.9 Å². The molecule has 0 saturated heterocycles. The fraction of sp³-hybridized carbons (Fsp3) is 0.333. The summed E-state index contributed by atoms with van der Waals surface area (Å²) < 4.78 is 0. The van der Waals surface area contributed by atoms with Crippen LogP contribution in [0.15, 0.2) is 54.6 Å². The Morgan fingerprint density at radius 1 is 0.903 bits per heavy atom. The molecular weight excluding hydrogens is 394 g/mol. The second kappa shape index (κ2) is 12.6. The molecule has 0 heterocycles. The molecule has 0 aliphatic rings. The summed E-state index contributed by atoms with van der Waals surface area (Å²) in [5, 5.41) is 24.3. The molecule has 7 nitrogen and oxygen atoms in total. The zero-order chi connectivity index (χ0) is 22.6. The Morgan fingerprint density at radius 2 is 1.42 bits per heavy atom. The van der Waals surface area contributed by atoms with E-state index in [0.29, 0.717) is 25.4 Å². The number of carbonyl (C=O) groups excluding carboxylic acids is 1. The first-order valence-corrected chi connectivity index (χ1v) is 10.3. The van der Waals surface area contributed by atoms with Gasteiger partial charge in [-0.2, -0.15) is 0 Å². The molecule has 166 valence electrons. The third kappa shape index (κ3) is 9.13. The lowest BCUT2D eigenvalue weighted by atomic mass is 10.0. The van der Waals surface area contributed by atoms with Crippen molar-refractivity contribution in [3.05, 3.63) is 76.9 Å². The molecule has 0 unspecified atom stereocenters. The normalized spacial score (nSPS) is 12.3. The number of carboxylic acids is 1. The number of benzene rings is 2. The highest BCUT2D eigenvalue weighted by molar-refractivity contribution is 5.90. The van der Waals surface area contributed by atoms with Gasteiger partial charge in [0.1, 0.15) is 6.04 Å². The molecule has 0 bridgehead atoms. The third-order valence-electron chi connectivity index (χ3n) is 4.76. The van der Waals surface area contributed by atoms with Crippen molar-refractivity contribution in [3.63, 3.8) is 0 Å². The molecule has 0 saturated carbocycles. The van der Waals surface area contributed by atoms with Crippen LogP contribution in [-0.2, 0) is 29.2 Å². The number of hydrogen-bond donors (Lipinski definition) is 5. The maximum atomic E-state index is 11.3. The van der Waals surface area contributed by atoms with Gasteiger partial charge in [0.25, 0.3) is 5.91 Å². The van der Waals surface area contributed by atoms with Crippen LogP contribution >= 0.6 is 0 Å². The van der Waals surface area contributed by atoms with Crippen molar-refractivity contribution in [3.8, 4) is 0 Å². The summed E-state index contributed by atoms with van der Waals surface area (Å²) in [5.41, 5.74) is 5.75. The molecule has 0 aliphatic heterocycles. The van der Waals surface area contributed by atoms with E-state index in [1.807, 2.05) is 62.4 Å². The summed E-state index contributed by atoms with van der Waals surface area (Å²) in [7, 11) is 0. The summed E-state index contributed by atoms with van der Waals surface area (Å²) in [6.45, 7) is 5.99. The van der Waals surface area contributed by atoms with E-state index in [9.17, 15) is 14.7 Å². The van der Waals surface area contributed by atoms with Crippen LogP contribution in [0.3, 0.4) is 0 Å². The van der Waals surface area contributed by atoms with Gasteiger partial charge in [0.05, 0.1) is 0 Å². The lowest BCUT2D eigenvalue weighted by Crippen LogP contribution is -2.37. The fourth-order valence-corrected chi connectivity index (χ4v) is 3.07. The van der Waals surface area contributed by atoms with E-state index in [4.69, 9.17) is 5.21 Å². The molecule has 7 heteroatoms. The topological polar surface area (TPSA) is 111 Å². The molecule has 2 aromatic rings. The van der Waals surface area contributed by atoms with Gasteiger partial charge < -0.3 is 15.7 Å². The summed E-state index contributed by atoms with van der Waals surface area (Å²) in [6, 6.07) is 15.4. The molecular formula is C24H31N3O4. The SMILES string of the molecule is CC(C)C[C@H](NCc1ccc(CNCc2ccc(C=CC(=O)NO)cc2)cc1)C(=O)O. The zero-order valence-electron chi connectivity index (χ0n) is 18.0. The second-order valence-corrected chi connectivity index (χ2v) is 7.87. The lowest BCUT2D eigenvalue weighted by Gasteiger charge is -2.16. The van der Waals surface area contributed by atoms with Crippen LogP contribution < -0.4 is 16.1 Å². The fourth-order valence-electron chi connectivity index (χ4n) is 3.07. The van der Waals surface area contributed by atoms with Gasteiger partial charge in [-0.15, -0.1) is 0 Å². The predicted octanol–water partition coefficient (Wildman–Crippen LogP) is 3.08. The second-order valence-electron chi connectivity index (χ2n) is 7.87. The quantitative estimate of drug-likeness (QED) is 0.203. The summed E-state index contributed by atoms with van der Waals surface area (Å²) >= 11 is 0. The predicted molar refractivity (Wildman–Crippen MR) is 120 cm³/mol. The molecule has 31 heavy (non-hydrogen) atoms. The van der Waals surface area contributed by atoms with Gasteiger partial charge in [-0.05, 0) is 40.7 Å². The van der Waals surface area contributed by atoms with Crippen LogP contribution in [0.5, 0.6) is 0 Å². The van der Waals surface area contributed by atoms with Gasteiger partial charge in [-0.3, -0.25) is 14.8 Å². The number of aliphatic carboxylic acids is 1. The average molecular weight is 426 g/mol. The number of hydrogen-bond acceptors (Lipinski definition) is 5. The largest absolute Gasteiger partial charge is 0.480 e. The number of carbonyl (C=O) groups is 2. The molecule has 1 atom stereocenters. The van der Waals surface area contributed by atoms with Crippen molar-refractivity contribution in [2.75, 3.05) is 0 Å². The Morgan fingerprint density at radius 3 is 1.90 bits per heavy atom. The molecule has 0 spiro atoms. The van der Waals surface area contributed by atoms with Gasteiger partial charge >= 0.3 is 5.97 Å². The van der Waals surface area contributed by atoms with Gasteiger partial charge in [-0.25, -0.2) is 5.48 Å². The van der Waals surface area contributed by atoms with Crippen LogP contribution in [0.4, 0.5) is 0 Å². The van der Waals surface area contributed by atoms with Crippen molar-refractivity contribution in [2.24, 2.45) is 5.92 Å². The van der Waals surface area contributed by atoms with Gasteiger partial charge in [0.15, 0.2) is 0 Å². The van der Waals surface area contributed by atoms with Crippen molar-refractivity contribution < 1.29 is 19.9 Å². The molecule has 2 rings (SSSR count). The molecule has 2 aromatic carbocycles. The van der Waals surface area contributed by atoms with Crippen LogP contribution in [0.1, 0.15) is 42.5 Å². The van der Waals surface area contributed by atoms with Crippen LogP contribution in [0.2, 0.25) is 0 Å². The van der Waals surface area contributed by atoms with Crippen molar-refractivity contribution in [1.29, 1.82) is 0 Å². The van der Waals surface area contributed by atoms with E-state index in [1.165, 1.54) is 6.08 Å². The van der Waals surface area contributed by atoms with Crippen molar-refractivity contribution in [2.45, 2.75) is 45.9 Å². The summed E-state index contributed by atoms with van der Waals surface area (Å²) in [5.74, 6) is -1.05. The third-order valence-corrected chi connectivity index (χ3v) is 4.76. The standard InChI is InChI=1S/C24H31N3O4/c1-17(2)13-22(24(29)30)26-16-21-9-7-20(8-10-21)15-25-14-19-5-3-18(4-6-19)11-12-23(28)27-31/h3-12,17,22,25-26,31H,13-16H2,1-2H3,(H,27,28)(H,29,30)/t22-/m0/s1. The molecule has 5 N–H and O–H groups in total. The van der Waals surface area contributed by atoms with E-state index in [0.717, 1.165) is 28.8 Å². The van der Waals surface area contributed by atoms with E-state index in [2.05, 4.69) is 10.6 Å². The van der Waals surface area contributed by atoms with Crippen molar-refractivity contribution in [1.82, 2.24) is 16.1 Å². The Hall–Kier alpha value is -3.00. The summed E-state index contributed by atoms with van der Waals surface area (Å²) in [4.78, 5) is 22.3. The van der Waals surface area contributed by atoms with E-state index >= 15 is 0 Å². The highest BCUT2D eigenvalue weighted by Crippen LogP contribution is 2.09.